The van der Waals surface area contributed by atoms with Gasteiger partial charge in [0, 0.05) is 65.3 Å². The molecule has 58 heavy (non-hydrogen) atoms. The number of hydrogen-bond acceptors (Lipinski definition) is 3. The molecule has 4 nitrogen and oxygen atoms in total. The van der Waals surface area contributed by atoms with E-state index >= 15 is 0 Å². The van der Waals surface area contributed by atoms with Gasteiger partial charge in [-0.2, -0.15) is 0 Å². The van der Waals surface area contributed by atoms with Crippen molar-refractivity contribution < 1.29 is 35.5 Å². The Labute approximate surface area is 364 Å². The molecule has 0 amide bonds. The zero-order chi connectivity index (χ0) is 45.9. The molecule has 0 aliphatic rings. The Kier molecular flexibility index (Phi) is 8.29. The van der Waals surface area contributed by atoms with E-state index in [0.717, 1.165) is 61.0 Å². The molecule has 0 spiro atoms. The molecule has 287 valence electrons. The number of pyridine rings is 2. The van der Waals surface area contributed by atoms with Gasteiger partial charge in [-0.25, -0.2) is 0 Å². The minimum atomic E-state index is -2.18. The quantitative estimate of drug-likeness (QED) is 0.162. The second-order valence-corrected chi connectivity index (χ2v) is 15.0. The van der Waals surface area contributed by atoms with Crippen LogP contribution in [-0.2, 0) is 26.5 Å². The van der Waals surface area contributed by atoms with Crippen LogP contribution in [0.25, 0.3) is 83.1 Å². The van der Waals surface area contributed by atoms with Crippen LogP contribution in [0.15, 0.2) is 162 Å². The van der Waals surface area contributed by atoms with E-state index in [4.69, 9.17) is 20.4 Å². The molecule has 6 aromatic carbocycles. The smallest absolute Gasteiger partial charge is 0.121 e. The van der Waals surface area contributed by atoms with Crippen molar-refractivity contribution in [2.45, 2.75) is 40.8 Å². The topological polar surface area (TPSA) is 43.9 Å². The summed E-state index contributed by atoms with van der Waals surface area (Å²) in [5.41, 5.74) is 10.3. The third kappa shape index (κ3) is 7.64. The van der Waals surface area contributed by atoms with Gasteiger partial charge in [0.15, 0.2) is 0 Å². The molecule has 0 unspecified atom stereocenters. The maximum atomic E-state index is 8.64. The second-order valence-electron chi connectivity index (χ2n) is 15.0. The summed E-state index contributed by atoms with van der Waals surface area (Å²) in [4.78, 5) is 8.82. The monoisotopic (exact) mass is 938 g/mol. The first-order valence-electron chi connectivity index (χ1n) is 22.8. The van der Waals surface area contributed by atoms with Crippen LogP contribution < -0.4 is 0 Å². The van der Waals surface area contributed by atoms with Gasteiger partial charge in [-0.3, -0.25) is 0 Å². The number of aromatic nitrogens is 3. The van der Waals surface area contributed by atoms with Crippen molar-refractivity contribution in [3.63, 3.8) is 0 Å². The predicted octanol–water partition coefficient (Wildman–Crippen LogP) is 14.0. The summed E-state index contributed by atoms with van der Waals surface area (Å²) in [7, 11) is 0. The number of rotatable bonds is 5. The molecule has 0 aliphatic carbocycles. The fourth-order valence-electron chi connectivity index (χ4n) is 7.40. The van der Waals surface area contributed by atoms with Crippen LogP contribution in [-0.4, -0.2) is 14.5 Å². The van der Waals surface area contributed by atoms with E-state index < -0.39 is 25.5 Å². The Morgan fingerprint density at radius 2 is 1.48 bits per heavy atom. The van der Waals surface area contributed by atoms with Crippen LogP contribution in [0.2, 0.25) is 0 Å². The van der Waals surface area contributed by atoms with E-state index in [9.17, 15) is 0 Å². The van der Waals surface area contributed by atoms with E-state index in [1.807, 2.05) is 69.4 Å². The van der Waals surface area contributed by atoms with Gasteiger partial charge in [0.2, 0.25) is 0 Å². The van der Waals surface area contributed by atoms with Crippen LogP contribution in [0, 0.1) is 31.3 Å². The molecule has 0 N–H and O–H groups in total. The van der Waals surface area contributed by atoms with E-state index in [1.165, 1.54) is 35.2 Å². The predicted molar refractivity (Wildman–Crippen MR) is 237 cm³/mol. The molecule has 0 fully saturated rings. The molecular weight excluding hydrogens is 887 g/mol. The van der Waals surface area contributed by atoms with Gasteiger partial charge in [-0.15, -0.1) is 53.6 Å². The van der Waals surface area contributed by atoms with Crippen molar-refractivity contribution in [1.82, 2.24) is 14.5 Å². The van der Waals surface area contributed by atoms with Crippen LogP contribution in [0.3, 0.4) is 0 Å². The Balaban J connectivity index is 0.000000238. The van der Waals surface area contributed by atoms with Crippen molar-refractivity contribution in [2.75, 3.05) is 0 Å². The summed E-state index contributed by atoms with van der Waals surface area (Å²) in [6.07, 6.45) is 1.67. The fraction of sp³-hybridized carbons (Fsp3) is 0.132. The van der Waals surface area contributed by atoms with Crippen LogP contribution in [0.5, 0.6) is 0 Å². The first-order chi connectivity index (χ1) is 30.9. The van der Waals surface area contributed by atoms with Crippen molar-refractivity contribution in [2.24, 2.45) is 5.41 Å². The molecule has 1 radical (unpaired) electrons. The molecule has 0 aliphatic heterocycles. The van der Waals surface area contributed by atoms with Gasteiger partial charge >= 0.3 is 0 Å². The molecule has 0 atom stereocenters. The Bertz CT molecular complexity index is 3280. The van der Waals surface area contributed by atoms with Crippen molar-refractivity contribution >= 4 is 43.7 Å². The first-order valence-corrected chi connectivity index (χ1v) is 18.8. The summed E-state index contributed by atoms with van der Waals surface area (Å²) >= 11 is 0. The number of nitrogens with zero attached hydrogens (tertiary/aromatic N) is 3. The number of hydrogen-bond donors (Lipinski definition) is 0. The number of aryl methyl sites for hydroxylation is 2. The van der Waals surface area contributed by atoms with E-state index in [2.05, 4.69) is 94.5 Å². The molecule has 10 aromatic rings. The molecule has 10 rings (SSSR count). The number of para-hydroxylation sites is 2. The minimum Gasteiger partial charge on any atom is -0.501 e. The number of furan rings is 1. The summed E-state index contributed by atoms with van der Waals surface area (Å²) in [5.74, 6) is 0. The summed E-state index contributed by atoms with van der Waals surface area (Å²) in [5, 5.41) is 4.46. The number of fused-ring (bicyclic) bond motifs is 7. The maximum absolute atomic E-state index is 8.64. The van der Waals surface area contributed by atoms with E-state index in [1.54, 1.807) is 12.1 Å². The summed E-state index contributed by atoms with van der Waals surface area (Å²) in [6, 6.07) is 53.0. The standard InChI is InChI=1S/C40H31N2O.C13H12N.Ir/c1-40(2,3)25-26-16-18-27(19-17-26)28-22-23-41-33(24-28)30-13-9-14-32-38-36(43-39(30)32)21-20-35-37(38)31-12-7-8-15-34(31)42(35)29-10-5-4-6-11-29;1-10-3-6-12(7-4-10)13-8-5-11(2)9-14-13;/h4-12,14-24H,25H2,1-3H3;3-6,8-9H,1-2H3;/q2*-1;/i25D2;1D3,2D3;. The number of benzene rings is 6. The van der Waals surface area contributed by atoms with Crippen molar-refractivity contribution in [1.29, 1.82) is 0 Å². The Hall–Kier alpha value is -6.13. The summed E-state index contributed by atoms with van der Waals surface area (Å²) < 4.78 is 69.9. The zero-order valence-electron chi connectivity index (χ0n) is 40.1. The van der Waals surface area contributed by atoms with Gasteiger partial charge in [0.05, 0.1) is 16.6 Å². The van der Waals surface area contributed by atoms with Crippen molar-refractivity contribution in [3.8, 4) is 39.3 Å². The van der Waals surface area contributed by atoms with Gasteiger partial charge in [0.25, 0.3) is 0 Å². The largest absolute Gasteiger partial charge is 0.501 e. The SMILES string of the molecule is [2H]C([2H])([2H])c1c[c-]c(-c2ccc(C([2H])([2H])[2H])cn2)cc1.[2H]C([2H])(c1ccc(-c2ccnc(-c3[c-]ccc4c3oc3ccc5c(c6ccccc6n5-c5ccccc5)c34)c2)cc1)C(C)(C)C.[Ir]. The Morgan fingerprint density at radius 1 is 0.690 bits per heavy atom. The van der Waals surface area contributed by atoms with E-state index in [0.29, 0.717) is 16.8 Å². The molecule has 0 saturated carbocycles. The molecule has 4 aromatic heterocycles. The van der Waals surface area contributed by atoms with Gasteiger partial charge in [0.1, 0.15) is 5.58 Å². The van der Waals surface area contributed by atoms with Crippen LogP contribution in [0.4, 0.5) is 0 Å². The first kappa shape index (κ1) is 30.0. The van der Waals surface area contributed by atoms with Crippen molar-refractivity contribution in [3.05, 3.63) is 187 Å². The van der Waals surface area contributed by atoms with Gasteiger partial charge < -0.3 is 19.0 Å². The van der Waals surface area contributed by atoms with Crippen LogP contribution >= 0.6 is 0 Å². The normalized spacial score (nSPS) is 14.2. The molecule has 0 bridgehead atoms. The third-order valence-electron chi connectivity index (χ3n) is 9.85. The third-order valence-corrected chi connectivity index (χ3v) is 9.85. The maximum Gasteiger partial charge on any atom is 0.121 e. The van der Waals surface area contributed by atoms with Crippen LogP contribution in [0.1, 0.15) is 48.4 Å². The van der Waals surface area contributed by atoms with Gasteiger partial charge in [-0.1, -0.05) is 117 Å². The fourth-order valence-corrected chi connectivity index (χ4v) is 7.40. The molecule has 0 saturated heterocycles. The van der Waals surface area contributed by atoms with Gasteiger partial charge in [-0.05, 0) is 88.7 Å². The molecule has 4 heterocycles. The average Bonchev–Trinajstić information content (AvgIpc) is 3.85. The average molecular weight is 938 g/mol. The molecular formula is C53H43IrN3O-2. The molecule has 5 heteroatoms. The minimum absolute atomic E-state index is 0. The zero-order valence-corrected chi connectivity index (χ0v) is 34.5. The second kappa shape index (κ2) is 16.0. The van der Waals surface area contributed by atoms with E-state index in [-0.39, 0.29) is 31.2 Å². The summed E-state index contributed by atoms with van der Waals surface area (Å²) in [6.45, 7) is 1.44. The Morgan fingerprint density at radius 3 is 2.22 bits per heavy atom.